The van der Waals surface area contributed by atoms with Crippen LogP contribution in [0.1, 0.15) is 63.2 Å². The number of H-pyrrole nitrogens is 1. The van der Waals surface area contributed by atoms with Crippen LogP contribution in [0.5, 0.6) is 11.5 Å². The molecule has 0 spiro atoms. The molecule has 0 aliphatic heterocycles. The lowest BCUT2D eigenvalue weighted by Gasteiger charge is -2.12. The molecule has 1 heterocycles. The Balaban J connectivity index is 1.92. The van der Waals surface area contributed by atoms with Crippen LogP contribution in [0, 0.1) is 13.8 Å². The van der Waals surface area contributed by atoms with E-state index in [2.05, 4.69) is 10.3 Å². The van der Waals surface area contributed by atoms with Gasteiger partial charge in [-0.25, -0.2) is 0 Å². The van der Waals surface area contributed by atoms with Crippen molar-refractivity contribution in [3.63, 3.8) is 0 Å². The number of aromatic nitrogens is 1. The largest absolute Gasteiger partial charge is 0.490 e. The molecule has 2 aromatic rings. The summed E-state index contributed by atoms with van der Waals surface area (Å²) >= 11 is 0. The normalized spacial score (nSPS) is 10.4. The van der Waals surface area contributed by atoms with Crippen LogP contribution in [0.25, 0.3) is 0 Å². The van der Waals surface area contributed by atoms with E-state index in [9.17, 15) is 19.2 Å². The molecule has 2 rings (SSSR count). The van der Waals surface area contributed by atoms with Gasteiger partial charge in [-0.1, -0.05) is 0 Å². The Hall–Kier alpha value is -3.62. The summed E-state index contributed by atoms with van der Waals surface area (Å²) < 4.78 is 15.9. The molecule has 0 saturated carbocycles. The van der Waals surface area contributed by atoms with Crippen molar-refractivity contribution in [3.8, 4) is 11.5 Å². The first kappa shape index (κ1) is 24.6. The Morgan fingerprint density at radius 3 is 2.25 bits per heavy atom. The number of hydrogen-bond acceptors (Lipinski definition) is 7. The quantitative estimate of drug-likeness (QED) is 0.403. The zero-order valence-electron chi connectivity index (χ0n) is 18.9. The number of aromatic amines is 1. The van der Waals surface area contributed by atoms with Gasteiger partial charge >= 0.3 is 5.97 Å². The highest BCUT2D eigenvalue weighted by atomic mass is 16.5. The van der Waals surface area contributed by atoms with E-state index < -0.39 is 30.8 Å². The van der Waals surface area contributed by atoms with E-state index in [-0.39, 0.29) is 17.0 Å². The first-order valence-corrected chi connectivity index (χ1v) is 10.3. The minimum Gasteiger partial charge on any atom is -0.490 e. The van der Waals surface area contributed by atoms with Gasteiger partial charge in [-0.15, -0.1) is 0 Å². The van der Waals surface area contributed by atoms with Crippen molar-refractivity contribution in [3.05, 3.63) is 46.3 Å². The molecule has 172 valence electrons. The second kappa shape index (κ2) is 11.1. The fourth-order valence-corrected chi connectivity index (χ4v) is 3.27. The zero-order valence-corrected chi connectivity index (χ0v) is 18.9. The van der Waals surface area contributed by atoms with E-state index in [1.54, 1.807) is 26.0 Å². The number of ketones is 2. The minimum atomic E-state index is -0.768. The number of carbonyl (C=O) groups is 4. The maximum Gasteiger partial charge on any atom is 0.325 e. The number of ether oxygens (including phenoxy) is 3. The molecule has 9 nitrogen and oxygen atoms in total. The Morgan fingerprint density at radius 1 is 1.00 bits per heavy atom. The number of nitrogens with one attached hydrogen (secondary N) is 2. The Kier molecular flexibility index (Phi) is 8.57. The zero-order chi connectivity index (χ0) is 23.8. The summed E-state index contributed by atoms with van der Waals surface area (Å²) in [6.45, 7) is 8.36. The molecule has 2 N–H and O–H groups in total. The summed E-state index contributed by atoms with van der Waals surface area (Å²) in [4.78, 5) is 51.3. The fourth-order valence-electron chi connectivity index (χ4n) is 3.27. The van der Waals surface area contributed by atoms with Crippen molar-refractivity contribution >= 4 is 23.4 Å². The Morgan fingerprint density at radius 2 is 1.66 bits per heavy atom. The van der Waals surface area contributed by atoms with E-state index in [0.717, 1.165) is 0 Å². The summed E-state index contributed by atoms with van der Waals surface area (Å²) in [5, 5.41) is 2.45. The van der Waals surface area contributed by atoms with Crippen molar-refractivity contribution < 1.29 is 33.4 Å². The number of carbonyl (C=O) groups excluding carboxylic acids is 4. The predicted molar refractivity (Wildman–Crippen MR) is 117 cm³/mol. The Bertz CT molecular complexity index is 1020. The molecule has 1 aromatic heterocycles. The van der Waals surface area contributed by atoms with Crippen LogP contribution in [-0.4, -0.2) is 54.8 Å². The van der Waals surface area contributed by atoms with Gasteiger partial charge in [-0.3, -0.25) is 19.2 Å². The highest BCUT2D eigenvalue weighted by molar-refractivity contribution is 6.04. The standard InChI is InChI=1S/C23H28N2O7/c1-6-30-18-9-8-16(10-19(18)31-7-2)23(29)24-11-20(28)32-12-17(27)22-13(3)21(15(5)26)14(4)25-22/h8-10,25H,6-7,11-12H2,1-5H3,(H,24,29). The maximum absolute atomic E-state index is 12.4. The summed E-state index contributed by atoms with van der Waals surface area (Å²) in [5.74, 6) is -0.944. The van der Waals surface area contributed by atoms with Crippen molar-refractivity contribution in [2.75, 3.05) is 26.4 Å². The van der Waals surface area contributed by atoms with Crippen molar-refractivity contribution in [1.82, 2.24) is 10.3 Å². The van der Waals surface area contributed by atoms with Gasteiger partial charge in [0.2, 0.25) is 5.78 Å². The smallest absolute Gasteiger partial charge is 0.325 e. The molecule has 1 aromatic carbocycles. The summed E-state index contributed by atoms with van der Waals surface area (Å²) in [5.41, 5.74) is 2.06. The van der Waals surface area contributed by atoms with E-state index in [4.69, 9.17) is 14.2 Å². The second-order valence-electron chi connectivity index (χ2n) is 6.98. The molecule has 32 heavy (non-hydrogen) atoms. The number of Topliss-reactive ketones (excluding diaryl/α,β-unsaturated/α-hetero) is 2. The number of amides is 1. The first-order chi connectivity index (χ1) is 15.2. The highest BCUT2D eigenvalue weighted by Gasteiger charge is 2.21. The first-order valence-electron chi connectivity index (χ1n) is 10.3. The van der Waals surface area contributed by atoms with Gasteiger partial charge in [0.15, 0.2) is 23.9 Å². The number of aryl methyl sites for hydroxylation is 1. The van der Waals surface area contributed by atoms with Crippen molar-refractivity contribution in [2.45, 2.75) is 34.6 Å². The number of hydrogen-bond donors (Lipinski definition) is 2. The topological polar surface area (TPSA) is 124 Å². The van der Waals surface area contributed by atoms with Crippen LogP contribution in [0.3, 0.4) is 0 Å². The van der Waals surface area contributed by atoms with Gasteiger partial charge in [-0.05, 0) is 58.4 Å². The molecule has 0 bridgehead atoms. The third-order valence-electron chi connectivity index (χ3n) is 4.63. The van der Waals surface area contributed by atoms with Gasteiger partial charge in [0.05, 0.1) is 18.9 Å². The SMILES string of the molecule is CCOc1ccc(C(=O)NCC(=O)OCC(=O)c2[nH]c(C)c(C(C)=O)c2C)cc1OCC. The molecular weight excluding hydrogens is 416 g/mol. The molecule has 0 unspecified atom stereocenters. The Labute approximate surface area is 186 Å². The molecule has 9 heteroatoms. The summed E-state index contributed by atoms with van der Waals surface area (Å²) in [6, 6.07) is 4.71. The van der Waals surface area contributed by atoms with Gasteiger partial charge in [-0.2, -0.15) is 0 Å². The molecule has 0 aliphatic rings. The summed E-state index contributed by atoms with van der Waals surface area (Å²) in [7, 11) is 0. The average molecular weight is 444 g/mol. The van der Waals surface area contributed by atoms with Crippen LogP contribution in [-0.2, 0) is 9.53 Å². The van der Waals surface area contributed by atoms with E-state index in [1.807, 2.05) is 13.8 Å². The predicted octanol–water partition coefficient (Wildman–Crippen LogP) is 2.79. The molecule has 1 amide bonds. The van der Waals surface area contributed by atoms with Gasteiger partial charge in [0, 0.05) is 16.8 Å². The van der Waals surface area contributed by atoms with Crippen molar-refractivity contribution in [2.24, 2.45) is 0 Å². The van der Waals surface area contributed by atoms with Gasteiger partial charge < -0.3 is 24.5 Å². The molecule has 0 saturated heterocycles. The van der Waals surface area contributed by atoms with Crippen LogP contribution in [0.4, 0.5) is 0 Å². The van der Waals surface area contributed by atoms with Gasteiger partial charge in [0.25, 0.3) is 5.91 Å². The summed E-state index contributed by atoms with van der Waals surface area (Å²) in [6.07, 6.45) is 0. The lowest BCUT2D eigenvalue weighted by molar-refractivity contribution is -0.141. The minimum absolute atomic E-state index is 0.156. The lowest BCUT2D eigenvalue weighted by Crippen LogP contribution is -2.31. The maximum atomic E-state index is 12.4. The second-order valence-corrected chi connectivity index (χ2v) is 6.98. The fraction of sp³-hybridized carbons (Fsp3) is 0.391. The third-order valence-corrected chi connectivity index (χ3v) is 4.63. The average Bonchev–Trinajstić information content (AvgIpc) is 3.05. The monoisotopic (exact) mass is 444 g/mol. The van der Waals surface area contributed by atoms with Crippen molar-refractivity contribution in [1.29, 1.82) is 0 Å². The van der Waals surface area contributed by atoms with E-state index >= 15 is 0 Å². The molecule has 0 fully saturated rings. The lowest BCUT2D eigenvalue weighted by atomic mass is 10.1. The van der Waals surface area contributed by atoms with Gasteiger partial charge in [0.1, 0.15) is 6.54 Å². The molecule has 0 atom stereocenters. The number of benzene rings is 1. The number of esters is 1. The highest BCUT2D eigenvalue weighted by Crippen LogP contribution is 2.28. The molecular formula is C23H28N2O7. The van der Waals surface area contributed by atoms with E-state index in [0.29, 0.717) is 41.5 Å². The molecule has 0 aliphatic carbocycles. The van der Waals surface area contributed by atoms with Crippen LogP contribution in [0.2, 0.25) is 0 Å². The molecule has 0 radical (unpaired) electrons. The van der Waals surface area contributed by atoms with Crippen LogP contribution < -0.4 is 14.8 Å². The van der Waals surface area contributed by atoms with Crippen LogP contribution >= 0.6 is 0 Å². The van der Waals surface area contributed by atoms with E-state index in [1.165, 1.54) is 13.0 Å². The number of rotatable bonds is 11. The third kappa shape index (κ3) is 5.96. The van der Waals surface area contributed by atoms with Crippen LogP contribution in [0.15, 0.2) is 18.2 Å².